The molecule has 3 nitrogen and oxygen atoms in total. The Hall–Kier alpha value is -2.81. The summed E-state index contributed by atoms with van der Waals surface area (Å²) in [5.74, 6) is 0.0591. The van der Waals surface area contributed by atoms with Gasteiger partial charge in [0.25, 0.3) is 5.91 Å². The maximum Gasteiger partial charge on any atom is 0.258 e. The monoisotopic (exact) mass is 321 g/mol. The molecule has 2 aromatic rings. The summed E-state index contributed by atoms with van der Waals surface area (Å²) in [6.07, 6.45) is 2.61. The zero-order chi connectivity index (χ0) is 17.7. The standard InChI is InChI=1S/C21H23NO2/c1-5-18-10-6-7-12-20(18)22(15(2)3)21(24)16(4)13-17-9-8-11-19(23)14-17/h6-14,23H,2,5H2,1,3-4H3/b16-13+. The van der Waals surface area contributed by atoms with Gasteiger partial charge in [0.1, 0.15) is 5.75 Å². The Balaban J connectivity index is 2.41. The number of amides is 1. The maximum atomic E-state index is 13.0. The van der Waals surface area contributed by atoms with Crippen LogP contribution in [-0.4, -0.2) is 11.0 Å². The van der Waals surface area contributed by atoms with Crippen molar-refractivity contribution in [3.63, 3.8) is 0 Å². The van der Waals surface area contributed by atoms with Gasteiger partial charge in [0.05, 0.1) is 5.69 Å². The first kappa shape index (κ1) is 17.5. The molecule has 0 spiro atoms. The van der Waals surface area contributed by atoms with E-state index in [0.717, 1.165) is 23.2 Å². The average molecular weight is 321 g/mol. The number of phenols is 1. The number of benzene rings is 2. The smallest absolute Gasteiger partial charge is 0.258 e. The van der Waals surface area contributed by atoms with E-state index >= 15 is 0 Å². The third-order valence-corrected chi connectivity index (χ3v) is 3.79. The highest BCUT2D eigenvalue weighted by Gasteiger charge is 2.20. The van der Waals surface area contributed by atoms with Crippen molar-refractivity contribution in [2.75, 3.05) is 4.90 Å². The molecule has 0 saturated carbocycles. The molecule has 2 aromatic carbocycles. The quantitative estimate of drug-likeness (QED) is 0.794. The van der Waals surface area contributed by atoms with Crippen molar-refractivity contribution in [2.24, 2.45) is 0 Å². The Morgan fingerprint density at radius 3 is 2.50 bits per heavy atom. The van der Waals surface area contributed by atoms with E-state index in [0.29, 0.717) is 11.3 Å². The van der Waals surface area contributed by atoms with Crippen LogP contribution in [0.4, 0.5) is 5.69 Å². The molecule has 0 bridgehead atoms. The summed E-state index contributed by atoms with van der Waals surface area (Å²) in [5.41, 5.74) is 3.99. The molecule has 24 heavy (non-hydrogen) atoms. The van der Waals surface area contributed by atoms with E-state index in [1.54, 1.807) is 36.1 Å². The minimum Gasteiger partial charge on any atom is -0.508 e. The van der Waals surface area contributed by atoms with E-state index < -0.39 is 0 Å². The third kappa shape index (κ3) is 3.93. The zero-order valence-electron chi connectivity index (χ0n) is 14.4. The third-order valence-electron chi connectivity index (χ3n) is 3.79. The van der Waals surface area contributed by atoms with Gasteiger partial charge in [-0.15, -0.1) is 0 Å². The summed E-state index contributed by atoms with van der Waals surface area (Å²) in [4.78, 5) is 14.6. The lowest BCUT2D eigenvalue weighted by atomic mass is 10.1. The molecule has 0 unspecified atom stereocenters. The van der Waals surface area contributed by atoms with Gasteiger partial charge in [0, 0.05) is 11.3 Å². The van der Waals surface area contributed by atoms with Crippen LogP contribution in [0.3, 0.4) is 0 Å². The first-order valence-electron chi connectivity index (χ1n) is 7.99. The lowest BCUT2D eigenvalue weighted by molar-refractivity contribution is -0.114. The molecule has 0 aromatic heterocycles. The second-order valence-electron chi connectivity index (χ2n) is 5.78. The van der Waals surface area contributed by atoms with Crippen molar-refractivity contribution in [3.8, 4) is 5.75 Å². The number of anilines is 1. The van der Waals surface area contributed by atoms with Gasteiger partial charge in [0.15, 0.2) is 0 Å². The van der Waals surface area contributed by atoms with E-state index in [1.807, 2.05) is 37.3 Å². The molecule has 1 amide bonds. The SMILES string of the molecule is C=C(C)N(C(=O)/C(C)=C/c1cccc(O)c1)c1ccccc1CC. The van der Waals surface area contributed by atoms with Crippen LogP contribution in [0.5, 0.6) is 5.75 Å². The predicted octanol–water partition coefficient (Wildman–Crippen LogP) is 4.92. The molecule has 2 rings (SSSR count). The van der Waals surface area contributed by atoms with Crippen molar-refractivity contribution < 1.29 is 9.90 Å². The molecular weight excluding hydrogens is 298 g/mol. The first-order valence-corrected chi connectivity index (χ1v) is 7.99. The molecule has 0 aliphatic rings. The lowest BCUT2D eigenvalue weighted by Gasteiger charge is -2.25. The van der Waals surface area contributed by atoms with E-state index in [9.17, 15) is 9.90 Å². The van der Waals surface area contributed by atoms with Gasteiger partial charge >= 0.3 is 0 Å². The molecule has 0 heterocycles. The number of rotatable bonds is 5. The number of aromatic hydroxyl groups is 1. The van der Waals surface area contributed by atoms with Gasteiger partial charge in [-0.25, -0.2) is 0 Å². The highest BCUT2D eigenvalue weighted by molar-refractivity contribution is 6.10. The van der Waals surface area contributed by atoms with E-state index in [2.05, 4.69) is 13.5 Å². The summed E-state index contributed by atoms with van der Waals surface area (Å²) < 4.78 is 0. The van der Waals surface area contributed by atoms with Crippen LogP contribution in [0.2, 0.25) is 0 Å². The topological polar surface area (TPSA) is 40.5 Å². The fraction of sp³-hybridized carbons (Fsp3) is 0.190. The summed E-state index contributed by atoms with van der Waals surface area (Å²) >= 11 is 0. The molecule has 124 valence electrons. The molecule has 0 atom stereocenters. The van der Waals surface area contributed by atoms with Crippen molar-refractivity contribution >= 4 is 17.7 Å². The lowest BCUT2D eigenvalue weighted by Crippen LogP contribution is -2.30. The van der Waals surface area contributed by atoms with Gasteiger partial charge in [0.2, 0.25) is 0 Å². The largest absolute Gasteiger partial charge is 0.508 e. The van der Waals surface area contributed by atoms with Gasteiger partial charge in [-0.1, -0.05) is 43.8 Å². The fourth-order valence-electron chi connectivity index (χ4n) is 2.62. The predicted molar refractivity (Wildman–Crippen MR) is 99.9 cm³/mol. The van der Waals surface area contributed by atoms with Gasteiger partial charge in [-0.05, 0) is 55.7 Å². The van der Waals surface area contributed by atoms with Crippen molar-refractivity contribution in [3.05, 3.63) is 77.5 Å². The highest BCUT2D eigenvalue weighted by Crippen LogP contribution is 2.26. The molecular formula is C21H23NO2. The molecule has 0 fully saturated rings. The molecule has 0 saturated heterocycles. The Kier molecular flexibility index (Phi) is 5.59. The molecule has 0 aliphatic heterocycles. The maximum absolute atomic E-state index is 13.0. The number of hydrogen-bond donors (Lipinski definition) is 1. The van der Waals surface area contributed by atoms with Crippen LogP contribution in [0, 0.1) is 0 Å². The first-order chi connectivity index (χ1) is 11.4. The van der Waals surface area contributed by atoms with Gasteiger partial charge < -0.3 is 5.11 Å². The number of para-hydroxylation sites is 1. The summed E-state index contributed by atoms with van der Waals surface area (Å²) in [6.45, 7) is 9.63. The Labute approximate surface area is 143 Å². The second-order valence-corrected chi connectivity index (χ2v) is 5.78. The number of carbonyl (C=O) groups is 1. The average Bonchev–Trinajstić information content (AvgIpc) is 2.55. The Morgan fingerprint density at radius 1 is 1.17 bits per heavy atom. The van der Waals surface area contributed by atoms with Crippen LogP contribution in [0.1, 0.15) is 31.9 Å². The van der Waals surface area contributed by atoms with Crippen LogP contribution in [-0.2, 0) is 11.2 Å². The van der Waals surface area contributed by atoms with Crippen LogP contribution in [0.25, 0.3) is 6.08 Å². The zero-order valence-corrected chi connectivity index (χ0v) is 14.4. The second kappa shape index (κ2) is 7.64. The van der Waals surface area contributed by atoms with Gasteiger partial charge in [-0.3, -0.25) is 9.69 Å². The normalized spacial score (nSPS) is 11.2. The number of nitrogens with zero attached hydrogens (tertiary/aromatic N) is 1. The minimum atomic E-state index is -0.119. The van der Waals surface area contributed by atoms with E-state index in [4.69, 9.17) is 0 Å². The van der Waals surface area contributed by atoms with Crippen molar-refractivity contribution in [2.45, 2.75) is 27.2 Å². The Morgan fingerprint density at radius 2 is 1.88 bits per heavy atom. The minimum absolute atomic E-state index is 0.119. The summed E-state index contributed by atoms with van der Waals surface area (Å²) in [6, 6.07) is 14.7. The molecule has 3 heteroatoms. The summed E-state index contributed by atoms with van der Waals surface area (Å²) in [5, 5.41) is 9.57. The summed E-state index contributed by atoms with van der Waals surface area (Å²) in [7, 11) is 0. The van der Waals surface area contributed by atoms with Gasteiger partial charge in [-0.2, -0.15) is 0 Å². The highest BCUT2D eigenvalue weighted by atomic mass is 16.3. The number of aryl methyl sites for hydroxylation is 1. The Bertz CT molecular complexity index is 790. The molecule has 1 N–H and O–H groups in total. The fourth-order valence-corrected chi connectivity index (χ4v) is 2.62. The molecule has 0 radical (unpaired) electrons. The number of hydrogen-bond acceptors (Lipinski definition) is 2. The van der Waals surface area contributed by atoms with Crippen LogP contribution < -0.4 is 4.90 Å². The van der Waals surface area contributed by atoms with Crippen molar-refractivity contribution in [1.82, 2.24) is 0 Å². The van der Waals surface area contributed by atoms with E-state index in [1.165, 1.54) is 0 Å². The van der Waals surface area contributed by atoms with Crippen LogP contribution in [0.15, 0.2) is 66.4 Å². The van der Waals surface area contributed by atoms with Crippen LogP contribution >= 0.6 is 0 Å². The van der Waals surface area contributed by atoms with Crippen molar-refractivity contribution in [1.29, 1.82) is 0 Å². The van der Waals surface area contributed by atoms with E-state index in [-0.39, 0.29) is 11.7 Å². The number of carbonyl (C=O) groups excluding carboxylic acids is 1. The number of phenolic OH excluding ortho intramolecular Hbond substituents is 1. The number of allylic oxidation sites excluding steroid dienone is 1. The molecule has 0 aliphatic carbocycles.